The highest BCUT2D eigenvalue weighted by Gasteiger charge is 2.44. The minimum atomic E-state index is -1.30. The number of aliphatic hydroxyl groups is 3. The van der Waals surface area contributed by atoms with Crippen LogP contribution in [0.15, 0.2) is 42.5 Å². The Morgan fingerprint density at radius 2 is 1.62 bits per heavy atom. The van der Waals surface area contributed by atoms with Gasteiger partial charge in [0.2, 0.25) is 17.7 Å². The molecule has 0 aromatic heterocycles. The number of carbonyl (C=O) groups excluding carboxylic acids is 3. The first-order valence-corrected chi connectivity index (χ1v) is 17.3. The normalized spacial score (nSPS) is 21.4. The van der Waals surface area contributed by atoms with E-state index in [1.54, 1.807) is 34.2 Å². The van der Waals surface area contributed by atoms with Crippen LogP contribution in [-0.2, 0) is 32.0 Å². The Labute approximate surface area is 283 Å². The summed E-state index contributed by atoms with van der Waals surface area (Å²) < 4.78 is 5.95. The highest BCUT2D eigenvalue weighted by Crippen LogP contribution is 2.36. The fourth-order valence-electron chi connectivity index (χ4n) is 5.37. The summed E-state index contributed by atoms with van der Waals surface area (Å²) in [5, 5.41) is 36.9. The largest absolute Gasteiger partial charge is 0.387 e. The molecule has 0 unspecified atom stereocenters. The molecule has 1 heterocycles. The van der Waals surface area contributed by atoms with Gasteiger partial charge in [0.1, 0.15) is 35.4 Å². The fraction of sp³-hybridized carbons (Fsp3) is 0.571. The third kappa shape index (κ3) is 11.0. The minimum absolute atomic E-state index is 0.0124. The van der Waals surface area contributed by atoms with Crippen molar-refractivity contribution in [1.82, 2.24) is 20.4 Å². The van der Waals surface area contributed by atoms with E-state index in [1.807, 2.05) is 37.1 Å². The van der Waals surface area contributed by atoms with Crippen molar-refractivity contribution in [3.8, 4) is 0 Å². The Morgan fingerprint density at radius 3 is 2.26 bits per heavy atom. The highest BCUT2D eigenvalue weighted by atomic mass is 32.2. The summed E-state index contributed by atoms with van der Waals surface area (Å²) in [5.41, 5.74) is 3.43. The lowest BCUT2D eigenvalue weighted by molar-refractivity contribution is -0.200. The predicted octanol–water partition coefficient (Wildman–Crippen LogP) is 1.78. The van der Waals surface area contributed by atoms with Crippen LogP contribution in [0.1, 0.15) is 60.6 Å². The molecule has 11 nitrogen and oxygen atoms in total. The van der Waals surface area contributed by atoms with Crippen LogP contribution < -0.4 is 10.6 Å². The van der Waals surface area contributed by atoms with Crippen molar-refractivity contribution < 1.29 is 34.4 Å². The molecule has 3 amide bonds. The second-order valence-corrected chi connectivity index (χ2v) is 14.1. The first-order chi connectivity index (χ1) is 22.1. The van der Waals surface area contributed by atoms with Crippen molar-refractivity contribution in [2.45, 2.75) is 81.8 Å². The zero-order chi connectivity index (χ0) is 34.9. The molecular weight excluding hydrogens is 620 g/mol. The molecule has 0 radical (unpaired) electrons. The Hall–Kier alpha value is -3.00. The molecule has 0 spiro atoms. The smallest absolute Gasteiger partial charge is 0.245 e. The number of aryl methyl sites for hydroxylation is 2. The maximum Gasteiger partial charge on any atom is 0.245 e. The van der Waals surface area contributed by atoms with Gasteiger partial charge in [-0.3, -0.25) is 19.3 Å². The number of likely N-dealkylation sites (N-methyl/N-ethyl adjacent to an activating group) is 2. The van der Waals surface area contributed by atoms with Crippen molar-refractivity contribution in [1.29, 1.82) is 0 Å². The lowest BCUT2D eigenvalue weighted by Crippen LogP contribution is -2.55. The quantitative estimate of drug-likeness (QED) is 0.191. The number of rotatable bonds is 15. The molecule has 1 saturated heterocycles. The van der Waals surface area contributed by atoms with Gasteiger partial charge in [0.25, 0.3) is 0 Å². The Bertz CT molecular complexity index is 1350. The topological polar surface area (TPSA) is 152 Å². The molecule has 5 atom stereocenters. The number of thioether (sulfide) groups is 1. The monoisotopic (exact) mass is 672 g/mol. The molecule has 47 heavy (non-hydrogen) atoms. The summed E-state index contributed by atoms with van der Waals surface area (Å²) in [6.07, 6.45) is -0.341. The van der Waals surface area contributed by atoms with E-state index in [1.165, 1.54) is 16.7 Å². The van der Waals surface area contributed by atoms with E-state index in [2.05, 4.69) is 34.9 Å². The summed E-state index contributed by atoms with van der Waals surface area (Å²) in [7, 11) is 5.22. The Balaban J connectivity index is 1.46. The number of amides is 3. The van der Waals surface area contributed by atoms with Crippen LogP contribution in [0.3, 0.4) is 0 Å². The van der Waals surface area contributed by atoms with Gasteiger partial charge < -0.3 is 35.6 Å². The van der Waals surface area contributed by atoms with E-state index in [0.717, 1.165) is 27.8 Å². The summed E-state index contributed by atoms with van der Waals surface area (Å²) in [4.78, 5) is 40.5. The number of aliphatic hydroxyl groups excluding tert-OH is 3. The van der Waals surface area contributed by atoms with Crippen molar-refractivity contribution >= 4 is 29.5 Å². The fourth-order valence-corrected chi connectivity index (χ4v) is 6.05. The number of hydrogen-bond acceptors (Lipinski definition) is 9. The number of ether oxygens (including phenoxy) is 1. The molecule has 5 N–H and O–H groups in total. The van der Waals surface area contributed by atoms with Crippen molar-refractivity contribution in [3.05, 3.63) is 70.3 Å². The molecule has 12 heteroatoms. The molecule has 0 aliphatic carbocycles. The van der Waals surface area contributed by atoms with Crippen molar-refractivity contribution in [2.75, 3.05) is 47.0 Å². The number of hydrogen-bond donors (Lipinski definition) is 5. The molecule has 2 aromatic carbocycles. The first kappa shape index (κ1) is 38.4. The molecule has 2 aromatic rings. The Morgan fingerprint density at radius 1 is 0.957 bits per heavy atom. The summed E-state index contributed by atoms with van der Waals surface area (Å²) in [6, 6.07) is 14.1. The third-order valence-electron chi connectivity index (χ3n) is 8.49. The molecule has 3 rings (SSSR count). The number of carbonyl (C=O) groups is 3. The second kappa shape index (κ2) is 17.4. The van der Waals surface area contributed by atoms with Crippen LogP contribution in [-0.4, -0.2) is 119 Å². The van der Waals surface area contributed by atoms with E-state index >= 15 is 0 Å². The van der Waals surface area contributed by atoms with Gasteiger partial charge in [-0.05, 0) is 81.2 Å². The molecule has 0 saturated carbocycles. The van der Waals surface area contributed by atoms with Gasteiger partial charge in [0.05, 0.1) is 6.54 Å². The molecule has 260 valence electrons. The second-order valence-electron chi connectivity index (χ2n) is 13.1. The van der Waals surface area contributed by atoms with Gasteiger partial charge in [0.15, 0.2) is 0 Å². The van der Waals surface area contributed by atoms with Crippen molar-refractivity contribution in [3.63, 3.8) is 0 Å². The lowest BCUT2D eigenvalue weighted by Gasteiger charge is -2.40. The lowest BCUT2D eigenvalue weighted by atomic mass is 9.91. The third-order valence-corrected chi connectivity index (χ3v) is 9.35. The summed E-state index contributed by atoms with van der Waals surface area (Å²) >= 11 is 1.29. The predicted molar refractivity (Wildman–Crippen MR) is 184 cm³/mol. The van der Waals surface area contributed by atoms with Crippen LogP contribution >= 0.6 is 11.8 Å². The average Bonchev–Trinajstić information content (AvgIpc) is 3.01. The van der Waals surface area contributed by atoms with Gasteiger partial charge in [-0.1, -0.05) is 42.5 Å². The molecule has 1 aliphatic rings. The summed E-state index contributed by atoms with van der Waals surface area (Å²) in [6.45, 7) is 6.51. The van der Waals surface area contributed by atoms with E-state index in [0.29, 0.717) is 32.4 Å². The summed E-state index contributed by atoms with van der Waals surface area (Å²) in [5.74, 6) is -0.483. The van der Waals surface area contributed by atoms with Crippen LogP contribution in [0, 0.1) is 6.92 Å². The van der Waals surface area contributed by atoms with Crippen LogP contribution in [0.2, 0.25) is 0 Å². The van der Waals surface area contributed by atoms with E-state index < -0.39 is 35.4 Å². The standard InChI is InChI=1S/C35H52N4O7S/c1-22-11-16-25(32-30(43)29(42)31(44)33(46-32)47-7)20-26(22)19-24-14-12-23(13-15-24)9-8-10-27(40)37-35(2,3)34(45)36-17-18-39(6)21-28(41)38(4)5/h11-16,20,29-33,42-44H,8-10,17-19,21H2,1-7H3,(H,36,45)(H,37,40)/t29-,30-,31+,32+,33-/m1/s1. The van der Waals surface area contributed by atoms with E-state index in [-0.39, 0.29) is 30.7 Å². The maximum atomic E-state index is 12.7. The van der Waals surface area contributed by atoms with Crippen LogP contribution in [0.25, 0.3) is 0 Å². The highest BCUT2D eigenvalue weighted by molar-refractivity contribution is 7.99. The van der Waals surface area contributed by atoms with E-state index in [9.17, 15) is 29.7 Å². The van der Waals surface area contributed by atoms with Gasteiger partial charge >= 0.3 is 0 Å². The van der Waals surface area contributed by atoms with Gasteiger partial charge in [0, 0.05) is 33.6 Å². The number of nitrogens with one attached hydrogen (secondary N) is 2. The first-order valence-electron chi connectivity index (χ1n) is 16.0. The van der Waals surface area contributed by atoms with Gasteiger partial charge in [-0.25, -0.2) is 0 Å². The number of nitrogens with zero attached hydrogens (tertiary/aromatic N) is 2. The molecular formula is C35H52N4O7S. The number of benzene rings is 2. The SMILES string of the molecule is CS[C@H]1O[C@@H](c2ccc(C)c(Cc3ccc(CCCC(=O)NC(C)(C)C(=O)NCCN(C)CC(=O)N(C)C)cc3)c2)[C@H](O)[C@@H](O)[C@@H]1O. The minimum Gasteiger partial charge on any atom is -0.387 e. The van der Waals surface area contributed by atoms with Crippen LogP contribution in [0.5, 0.6) is 0 Å². The molecule has 0 bridgehead atoms. The average molecular weight is 673 g/mol. The zero-order valence-electron chi connectivity index (χ0n) is 28.7. The molecule has 1 fully saturated rings. The van der Waals surface area contributed by atoms with Crippen LogP contribution in [0.4, 0.5) is 0 Å². The van der Waals surface area contributed by atoms with Gasteiger partial charge in [-0.2, -0.15) is 0 Å². The Kier molecular flexibility index (Phi) is 14.2. The zero-order valence-corrected chi connectivity index (χ0v) is 29.5. The van der Waals surface area contributed by atoms with Crippen molar-refractivity contribution in [2.24, 2.45) is 0 Å². The maximum absolute atomic E-state index is 12.7. The molecule has 1 aliphatic heterocycles. The van der Waals surface area contributed by atoms with E-state index in [4.69, 9.17) is 4.74 Å². The van der Waals surface area contributed by atoms with Gasteiger partial charge in [-0.15, -0.1) is 11.8 Å².